The zero-order chi connectivity index (χ0) is 11.5. The summed E-state index contributed by atoms with van der Waals surface area (Å²) in [5, 5.41) is 12.7. The van der Waals surface area contributed by atoms with Crippen LogP contribution in [0, 0.1) is 5.92 Å². The van der Waals surface area contributed by atoms with E-state index in [-0.39, 0.29) is 18.1 Å². The van der Waals surface area contributed by atoms with Crippen LogP contribution in [-0.4, -0.2) is 28.6 Å². The molecule has 1 aliphatic carbocycles. The topological polar surface area (TPSA) is 62.2 Å². The summed E-state index contributed by atoms with van der Waals surface area (Å²) in [5.41, 5.74) is 0.274. The van der Waals surface area contributed by atoms with Crippen LogP contribution < -0.4 is 5.32 Å². The summed E-state index contributed by atoms with van der Waals surface area (Å²) in [6, 6.07) is 3.11. The van der Waals surface area contributed by atoms with Gasteiger partial charge in [0.05, 0.1) is 6.10 Å². The fourth-order valence-electron chi connectivity index (χ4n) is 1.46. The standard InChI is InChI=1S/C11H13ClN2O2/c12-8-3-4-13-9(5-8)11(16)14-6-10(15)7-1-2-7/h3-5,7,10,15H,1-2,6H2,(H,14,16). The molecular formula is C11H13ClN2O2. The molecule has 0 bridgehead atoms. The number of nitrogens with one attached hydrogen (secondary N) is 1. The van der Waals surface area contributed by atoms with Crippen molar-refractivity contribution in [3.63, 3.8) is 0 Å². The summed E-state index contributed by atoms with van der Waals surface area (Å²) in [4.78, 5) is 15.5. The van der Waals surface area contributed by atoms with Crippen LogP contribution in [0.3, 0.4) is 0 Å². The number of halogens is 1. The molecule has 0 spiro atoms. The number of amides is 1. The van der Waals surface area contributed by atoms with Crippen molar-refractivity contribution < 1.29 is 9.90 Å². The number of nitrogens with zero attached hydrogens (tertiary/aromatic N) is 1. The number of hydrogen-bond donors (Lipinski definition) is 2. The van der Waals surface area contributed by atoms with E-state index in [1.165, 1.54) is 12.3 Å². The maximum absolute atomic E-state index is 11.6. The number of carbonyl (C=O) groups excluding carboxylic acids is 1. The molecule has 1 unspecified atom stereocenters. The molecule has 0 aromatic carbocycles. The Kier molecular flexibility index (Phi) is 3.41. The second kappa shape index (κ2) is 4.80. The zero-order valence-electron chi connectivity index (χ0n) is 8.69. The van der Waals surface area contributed by atoms with Crippen molar-refractivity contribution in [3.05, 3.63) is 29.0 Å². The predicted octanol–water partition coefficient (Wildman–Crippen LogP) is 1.24. The van der Waals surface area contributed by atoms with Gasteiger partial charge in [0.15, 0.2) is 0 Å². The van der Waals surface area contributed by atoms with E-state index in [1.807, 2.05) is 0 Å². The molecule has 0 aliphatic heterocycles. The Balaban J connectivity index is 1.87. The van der Waals surface area contributed by atoms with Gasteiger partial charge in [0.25, 0.3) is 5.91 Å². The molecule has 0 radical (unpaired) electrons. The van der Waals surface area contributed by atoms with E-state index < -0.39 is 6.10 Å². The van der Waals surface area contributed by atoms with E-state index in [1.54, 1.807) is 6.07 Å². The summed E-state index contributed by atoms with van der Waals surface area (Å²) in [6.07, 6.45) is 3.14. The highest BCUT2D eigenvalue weighted by Crippen LogP contribution is 2.32. The molecular weight excluding hydrogens is 228 g/mol. The molecule has 2 rings (SSSR count). The van der Waals surface area contributed by atoms with E-state index in [0.29, 0.717) is 10.9 Å². The predicted molar refractivity (Wildman–Crippen MR) is 60.3 cm³/mol. The van der Waals surface area contributed by atoms with Gasteiger partial charge in [-0.3, -0.25) is 9.78 Å². The zero-order valence-corrected chi connectivity index (χ0v) is 9.44. The third-order valence-corrected chi connectivity index (χ3v) is 2.83. The normalized spacial score (nSPS) is 16.9. The number of rotatable bonds is 4. The van der Waals surface area contributed by atoms with E-state index in [2.05, 4.69) is 10.3 Å². The Hall–Kier alpha value is -1.13. The van der Waals surface area contributed by atoms with E-state index in [0.717, 1.165) is 12.8 Å². The van der Waals surface area contributed by atoms with Crippen LogP contribution >= 0.6 is 11.6 Å². The lowest BCUT2D eigenvalue weighted by Gasteiger charge is -2.10. The van der Waals surface area contributed by atoms with E-state index >= 15 is 0 Å². The monoisotopic (exact) mass is 240 g/mol. The van der Waals surface area contributed by atoms with Crippen LogP contribution in [0.2, 0.25) is 5.02 Å². The smallest absolute Gasteiger partial charge is 0.270 e. The van der Waals surface area contributed by atoms with Crippen LogP contribution in [0.25, 0.3) is 0 Å². The van der Waals surface area contributed by atoms with Gasteiger partial charge in [0.2, 0.25) is 0 Å². The van der Waals surface area contributed by atoms with Gasteiger partial charge >= 0.3 is 0 Å². The van der Waals surface area contributed by atoms with Gasteiger partial charge in [-0.1, -0.05) is 11.6 Å². The first-order chi connectivity index (χ1) is 7.66. The van der Waals surface area contributed by atoms with Gasteiger partial charge < -0.3 is 10.4 Å². The lowest BCUT2D eigenvalue weighted by molar-refractivity contribution is 0.0896. The molecule has 2 N–H and O–H groups in total. The van der Waals surface area contributed by atoms with Crippen LogP contribution in [0.15, 0.2) is 18.3 Å². The molecule has 4 nitrogen and oxygen atoms in total. The Labute approximate surface area is 98.6 Å². The third-order valence-electron chi connectivity index (χ3n) is 2.59. The maximum Gasteiger partial charge on any atom is 0.270 e. The molecule has 1 atom stereocenters. The van der Waals surface area contributed by atoms with Gasteiger partial charge in [0.1, 0.15) is 5.69 Å². The summed E-state index contributed by atoms with van der Waals surface area (Å²) < 4.78 is 0. The van der Waals surface area contributed by atoms with Gasteiger partial charge in [-0.2, -0.15) is 0 Å². The second-order valence-corrected chi connectivity index (χ2v) is 4.41. The van der Waals surface area contributed by atoms with Crippen LogP contribution in [0.4, 0.5) is 0 Å². The molecule has 0 saturated heterocycles. The molecule has 1 amide bonds. The van der Waals surface area contributed by atoms with Gasteiger partial charge in [-0.05, 0) is 30.9 Å². The SMILES string of the molecule is O=C(NCC(O)C1CC1)c1cc(Cl)ccn1. The highest BCUT2D eigenvalue weighted by molar-refractivity contribution is 6.30. The first-order valence-corrected chi connectivity index (χ1v) is 5.62. The Morgan fingerprint density at radius 2 is 2.44 bits per heavy atom. The lowest BCUT2D eigenvalue weighted by Crippen LogP contribution is -2.33. The van der Waals surface area contributed by atoms with Crippen molar-refractivity contribution in [2.75, 3.05) is 6.54 Å². The molecule has 1 heterocycles. The van der Waals surface area contributed by atoms with Crippen molar-refractivity contribution >= 4 is 17.5 Å². The van der Waals surface area contributed by atoms with Crippen molar-refractivity contribution in [2.24, 2.45) is 5.92 Å². The van der Waals surface area contributed by atoms with Gasteiger partial charge in [-0.15, -0.1) is 0 Å². The summed E-state index contributed by atoms with van der Waals surface area (Å²) in [6.45, 7) is 0.275. The summed E-state index contributed by atoms with van der Waals surface area (Å²) in [5.74, 6) is 0.0508. The summed E-state index contributed by atoms with van der Waals surface area (Å²) >= 11 is 5.74. The minimum Gasteiger partial charge on any atom is -0.391 e. The number of hydrogen-bond acceptors (Lipinski definition) is 3. The second-order valence-electron chi connectivity index (χ2n) is 3.97. The molecule has 1 aromatic heterocycles. The van der Waals surface area contributed by atoms with Crippen LogP contribution in [-0.2, 0) is 0 Å². The largest absolute Gasteiger partial charge is 0.391 e. The number of aromatic nitrogens is 1. The Morgan fingerprint density at radius 3 is 3.06 bits per heavy atom. The number of carbonyl (C=O) groups is 1. The fourth-order valence-corrected chi connectivity index (χ4v) is 1.62. The molecule has 1 saturated carbocycles. The lowest BCUT2D eigenvalue weighted by atomic mass is 10.2. The maximum atomic E-state index is 11.6. The number of pyridine rings is 1. The molecule has 1 fully saturated rings. The van der Waals surface area contributed by atoms with Crippen molar-refractivity contribution in [3.8, 4) is 0 Å². The Bertz CT molecular complexity index is 393. The van der Waals surface area contributed by atoms with Gasteiger partial charge in [-0.25, -0.2) is 0 Å². The van der Waals surface area contributed by atoms with Crippen LogP contribution in [0.1, 0.15) is 23.3 Å². The van der Waals surface area contributed by atoms with Gasteiger partial charge in [0, 0.05) is 17.8 Å². The van der Waals surface area contributed by atoms with E-state index in [9.17, 15) is 9.90 Å². The Morgan fingerprint density at radius 1 is 1.69 bits per heavy atom. The van der Waals surface area contributed by atoms with Crippen molar-refractivity contribution in [2.45, 2.75) is 18.9 Å². The highest BCUT2D eigenvalue weighted by atomic mass is 35.5. The molecule has 16 heavy (non-hydrogen) atoms. The average molecular weight is 241 g/mol. The molecule has 86 valence electrons. The van der Waals surface area contributed by atoms with E-state index in [4.69, 9.17) is 11.6 Å². The molecule has 5 heteroatoms. The summed E-state index contributed by atoms with van der Waals surface area (Å²) in [7, 11) is 0. The number of aliphatic hydroxyl groups is 1. The molecule has 1 aliphatic rings. The fraction of sp³-hybridized carbons (Fsp3) is 0.455. The first-order valence-electron chi connectivity index (χ1n) is 5.24. The molecule has 1 aromatic rings. The minimum atomic E-state index is -0.442. The van der Waals surface area contributed by atoms with Crippen molar-refractivity contribution in [1.29, 1.82) is 0 Å². The quantitative estimate of drug-likeness (QED) is 0.832. The van der Waals surface area contributed by atoms with Crippen LogP contribution in [0.5, 0.6) is 0 Å². The highest BCUT2D eigenvalue weighted by Gasteiger charge is 2.29. The minimum absolute atomic E-state index is 0.274. The first kappa shape index (κ1) is 11.4. The number of aliphatic hydroxyl groups excluding tert-OH is 1. The third kappa shape index (κ3) is 2.93. The van der Waals surface area contributed by atoms with Crippen molar-refractivity contribution in [1.82, 2.24) is 10.3 Å². The average Bonchev–Trinajstić information content (AvgIpc) is 3.09.